The van der Waals surface area contributed by atoms with Crippen molar-refractivity contribution in [3.63, 3.8) is 0 Å². The van der Waals surface area contributed by atoms with Crippen LogP contribution in [0.25, 0.3) is 0 Å². The first-order valence-electron chi connectivity index (χ1n) is 6.79. The molecule has 0 aromatic heterocycles. The van der Waals surface area contributed by atoms with E-state index in [1.807, 2.05) is 37.7 Å². The number of likely N-dealkylation sites (N-methyl/N-ethyl adjacent to an activating group) is 1. The van der Waals surface area contributed by atoms with Crippen molar-refractivity contribution in [2.75, 3.05) is 46.8 Å². The minimum Gasteiger partial charge on any atom is -0.338 e. The summed E-state index contributed by atoms with van der Waals surface area (Å²) in [7, 11) is 3.75. The molecule has 0 spiro atoms. The largest absolute Gasteiger partial charge is 0.338 e. The van der Waals surface area contributed by atoms with Crippen molar-refractivity contribution in [1.82, 2.24) is 14.7 Å². The molecule has 6 heteroatoms. The minimum absolute atomic E-state index is 0.00490. The van der Waals surface area contributed by atoms with Crippen LogP contribution in [0.15, 0.2) is 0 Å². The van der Waals surface area contributed by atoms with Gasteiger partial charge in [-0.1, -0.05) is 13.8 Å². The summed E-state index contributed by atoms with van der Waals surface area (Å²) in [4.78, 5) is 29.4. The van der Waals surface area contributed by atoms with Crippen LogP contribution in [-0.4, -0.2) is 79.4 Å². The van der Waals surface area contributed by atoms with Crippen LogP contribution in [-0.2, 0) is 9.59 Å². The lowest BCUT2D eigenvalue weighted by atomic mass is 10.0. The third kappa shape index (κ3) is 4.47. The standard InChI is InChI=1S/C13H26N4O2/c1-10(2)12(14)13(19)17-7-5-16(6-8-17)11(18)9-15(3)4/h10,12H,5-9,14H2,1-4H3. The molecule has 19 heavy (non-hydrogen) atoms. The number of nitrogens with zero attached hydrogens (tertiary/aromatic N) is 3. The highest BCUT2D eigenvalue weighted by Crippen LogP contribution is 2.08. The van der Waals surface area contributed by atoms with Gasteiger partial charge >= 0.3 is 0 Å². The highest BCUT2D eigenvalue weighted by atomic mass is 16.2. The van der Waals surface area contributed by atoms with Crippen LogP contribution >= 0.6 is 0 Å². The number of amides is 2. The zero-order valence-corrected chi connectivity index (χ0v) is 12.4. The van der Waals surface area contributed by atoms with E-state index in [4.69, 9.17) is 5.73 Å². The van der Waals surface area contributed by atoms with Crippen LogP contribution in [0.5, 0.6) is 0 Å². The molecule has 0 aromatic rings. The Bertz CT molecular complexity index is 323. The van der Waals surface area contributed by atoms with E-state index in [2.05, 4.69) is 0 Å². The van der Waals surface area contributed by atoms with E-state index in [0.29, 0.717) is 32.7 Å². The normalized spacial score (nSPS) is 18.1. The van der Waals surface area contributed by atoms with Gasteiger partial charge in [-0.2, -0.15) is 0 Å². The van der Waals surface area contributed by atoms with E-state index in [9.17, 15) is 9.59 Å². The maximum atomic E-state index is 12.1. The predicted octanol–water partition coefficient (Wildman–Crippen LogP) is -0.798. The molecule has 1 unspecified atom stereocenters. The Morgan fingerprint density at radius 2 is 1.58 bits per heavy atom. The van der Waals surface area contributed by atoms with Crippen molar-refractivity contribution < 1.29 is 9.59 Å². The summed E-state index contributed by atoms with van der Waals surface area (Å²) >= 11 is 0. The number of carbonyl (C=O) groups excluding carboxylic acids is 2. The van der Waals surface area contributed by atoms with Gasteiger partial charge in [0.2, 0.25) is 11.8 Å². The predicted molar refractivity (Wildman–Crippen MR) is 74.5 cm³/mol. The highest BCUT2D eigenvalue weighted by molar-refractivity contribution is 5.82. The molecule has 0 aliphatic carbocycles. The summed E-state index contributed by atoms with van der Waals surface area (Å²) in [5.74, 6) is 0.251. The molecule has 0 aromatic carbocycles. The molecule has 2 N–H and O–H groups in total. The highest BCUT2D eigenvalue weighted by Gasteiger charge is 2.28. The van der Waals surface area contributed by atoms with Crippen molar-refractivity contribution in [3.05, 3.63) is 0 Å². The average Bonchev–Trinajstić information content (AvgIpc) is 2.36. The lowest BCUT2D eigenvalue weighted by Crippen LogP contribution is -2.56. The topological polar surface area (TPSA) is 69.9 Å². The number of carbonyl (C=O) groups is 2. The maximum Gasteiger partial charge on any atom is 0.239 e. The summed E-state index contributed by atoms with van der Waals surface area (Å²) in [6.07, 6.45) is 0. The van der Waals surface area contributed by atoms with Crippen LogP contribution in [0.1, 0.15) is 13.8 Å². The summed E-state index contributed by atoms with van der Waals surface area (Å²) < 4.78 is 0. The minimum atomic E-state index is -0.441. The Hall–Kier alpha value is -1.14. The number of rotatable bonds is 4. The molecule has 1 aliphatic rings. The van der Waals surface area contributed by atoms with E-state index in [1.165, 1.54) is 0 Å². The molecule has 110 valence electrons. The lowest BCUT2D eigenvalue weighted by Gasteiger charge is -2.36. The molecule has 2 amide bonds. The summed E-state index contributed by atoms with van der Waals surface area (Å²) in [5.41, 5.74) is 5.87. The second-order valence-corrected chi connectivity index (χ2v) is 5.71. The molecule has 1 aliphatic heterocycles. The van der Waals surface area contributed by atoms with Gasteiger partial charge in [0.05, 0.1) is 12.6 Å². The van der Waals surface area contributed by atoms with E-state index < -0.39 is 6.04 Å². The van der Waals surface area contributed by atoms with Gasteiger partial charge in [0, 0.05) is 26.2 Å². The van der Waals surface area contributed by atoms with Crippen molar-refractivity contribution in [3.8, 4) is 0 Å². The van der Waals surface area contributed by atoms with Gasteiger partial charge in [0.25, 0.3) is 0 Å². The Morgan fingerprint density at radius 3 is 2.00 bits per heavy atom. The first kappa shape index (κ1) is 15.9. The third-order valence-corrected chi connectivity index (χ3v) is 3.40. The van der Waals surface area contributed by atoms with Crippen molar-refractivity contribution in [2.24, 2.45) is 11.7 Å². The van der Waals surface area contributed by atoms with Gasteiger partial charge in [-0.3, -0.25) is 9.59 Å². The van der Waals surface area contributed by atoms with Crippen LogP contribution in [0.2, 0.25) is 0 Å². The molecular formula is C13H26N4O2. The van der Waals surface area contributed by atoms with Crippen LogP contribution in [0, 0.1) is 5.92 Å². The van der Waals surface area contributed by atoms with Gasteiger partial charge in [-0.25, -0.2) is 0 Å². The zero-order chi connectivity index (χ0) is 14.6. The van der Waals surface area contributed by atoms with Gasteiger partial charge in [-0.05, 0) is 20.0 Å². The molecule has 1 heterocycles. The first-order chi connectivity index (χ1) is 8.82. The Morgan fingerprint density at radius 1 is 1.11 bits per heavy atom. The quantitative estimate of drug-likeness (QED) is 0.726. The molecular weight excluding hydrogens is 244 g/mol. The van der Waals surface area contributed by atoms with Gasteiger partial charge in [0.1, 0.15) is 0 Å². The fourth-order valence-electron chi connectivity index (χ4n) is 2.04. The molecule has 0 saturated carbocycles. The van der Waals surface area contributed by atoms with Gasteiger partial charge in [-0.15, -0.1) is 0 Å². The number of hydrogen-bond acceptors (Lipinski definition) is 4. The number of hydrogen-bond donors (Lipinski definition) is 1. The summed E-state index contributed by atoms with van der Waals surface area (Å²) in [5, 5.41) is 0. The molecule has 0 bridgehead atoms. The average molecular weight is 270 g/mol. The summed E-state index contributed by atoms with van der Waals surface area (Å²) in [6, 6.07) is -0.441. The van der Waals surface area contributed by atoms with Crippen molar-refractivity contribution in [2.45, 2.75) is 19.9 Å². The van der Waals surface area contributed by atoms with E-state index in [-0.39, 0.29) is 17.7 Å². The molecule has 1 rings (SSSR count). The molecule has 0 radical (unpaired) electrons. The van der Waals surface area contributed by atoms with E-state index in [0.717, 1.165) is 0 Å². The first-order valence-corrected chi connectivity index (χ1v) is 6.79. The molecule has 1 atom stereocenters. The fourth-order valence-corrected chi connectivity index (χ4v) is 2.04. The zero-order valence-electron chi connectivity index (χ0n) is 12.4. The monoisotopic (exact) mass is 270 g/mol. The van der Waals surface area contributed by atoms with Crippen LogP contribution in [0.4, 0.5) is 0 Å². The molecule has 1 fully saturated rings. The number of nitrogens with two attached hydrogens (primary N) is 1. The van der Waals surface area contributed by atoms with Crippen LogP contribution < -0.4 is 5.73 Å². The maximum absolute atomic E-state index is 12.1. The molecule has 6 nitrogen and oxygen atoms in total. The van der Waals surface area contributed by atoms with Crippen LogP contribution in [0.3, 0.4) is 0 Å². The lowest BCUT2D eigenvalue weighted by molar-refractivity contribution is -0.141. The smallest absolute Gasteiger partial charge is 0.239 e. The van der Waals surface area contributed by atoms with E-state index >= 15 is 0 Å². The molecule has 1 saturated heterocycles. The van der Waals surface area contributed by atoms with Gasteiger partial charge < -0.3 is 20.4 Å². The Balaban J connectivity index is 2.45. The second kappa shape index (κ2) is 6.86. The summed E-state index contributed by atoms with van der Waals surface area (Å²) in [6.45, 7) is 6.67. The van der Waals surface area contributed by atoms with Crippen molar-refractivity contribution in [1.29, 1.82) is 0 Å². The Kier molecular flexibility index (Phi) is 5.75. The van der Waals surface area contributed by atoms with Gasteiger partial charge in [0.15, 0.2) is 0 Å². The Labute approximate surface area is 115 Å². The van der Waals surface area contributed by atoms with E-state index in [1.54, 1.807) is 4.90 Å². The van der Waals surface area contributed by atoms with Crippen molar-refractivity contribution >= 4 is 11.8 Å². The SMILES string of the molecule is CC(C)C(N)C(=O)N1CCN(C(=O)CN(C)C)CC1. The fraction of sp³-hybridized carbons (Fsp3) is 0.846. The second-order valence-electron chi connectivity index (χ2n) is 5.71. The number of piperazine rings is 1. The third-order valence-electron chi connectivity index (χ3n) is 3.40.